The highest BCUT2D eigenvalue weighted by molar-refractivity contribution is 5.94. The van der Waals surface area contributed by atoms with Gasteiger partial charge in [-0.15, -0.1) is 0 Å². The highest BCUT2D eigenvalue weighted by Crippen LogP contribution is 2.20. The largest absolute Gasteiger partial charge is 0.403 e. The van der Waals surface area contributed by atoms with Crippen LogP contribution in [0.2, 0.25) is 0 Å². The first-order valence-corrected chi connectivity index (χ1v) is 14.7. The van der Waals surface area contributed by atoms with E-state index in [4.69, 9.17) is 11.0 Å². The summed E-state index contributed by atoms with van der Waals surface area (Å²) in [4.78, 5) is 17.9. The Morgan fingerprint density at radius 1 is 0.756 bits per heavy atom. The van der Waals surface area contributed by atoms with Gasteiger partial charge >= 0.3 is 0 Å². The number of hydrogen-bond donors (Lipinski definition) is 3. The lowest BCUT2D eigenvalue weighted by Gasteiger charge is -2.33. The Kier molecular flexibility index (Phi) is 9.69. The van der Waals surface area contributed by atoms with Crippen molar-refractivity contribution in [1.82, 2.24) is 20.4 Å². The minimum atomic E-state index is -0.0149. The molecule has 0 saturated carbocycles. The van der Waals surface area contributed by atoms with Crippen LogP contribution in [0.15, 0.2) is 85.1 Å². The molecule has 2 fully saturated rings. The van der Waals surface area contributed by atoms with E-state index in [-0.39, 0.29) is 11.9 Å². The first-order chi connectivity index (χ1) is 20.1. The predicted molar refractivity (Wildman–Crippen MR) is 163 cm³/mol. The van der Waals surface area contributed by atoms with Crippen LogP contribution >= 0.6 is 0 Å². The standard InChI is InChI=1S/C34H40N6O/c35-22-26-6-8-28(9-7-26)25-40-18-14-31(15-19-40)37-33(23-36)29-10-12-30(13-11-29)34(41)38-32-16-20-39(21-17-32)24-27-4-2-1-3-5-27/h1-13,23,31-32,37H,14-21,24-25,36H2,(H,38,41)/b33-23-. The summed E-state index contributed by atoms with van der Waals surface area (Å²) in [5.41, 5.74) is 11.8. The molecule has 3 aromatic carbocycles. The van der Waals surface area contributed by atoms with Gasteiger partial charge in [0.1, 0.15) is 0 Å². The number of hydrogen-bond acceptors (Lipinski definition) is 6. The van der Waals surface area contributed by atoms with Crippen molar-refractivity contribution in [3.63, 3.8) is 0 Å². The topological polar surface area (TPSA) is 97.4 Å². The molecule has 0 atom stereocenters. The Labute approximate surface area is 243 Å². The number of nitriles is 1. The van der Waals surface area contributed by atoms with Crippen molar-refractivity contribution in [2.24, 2.45) is 5.73 Å². The zero-order valence-corrected chi connectivity index (χ0v) is 23.6. The van der Waals surface area contributed by atoms with Crippen LogP contribution in [0.4, 0.5) is 0 Å². The summed E-state index contributed by atoms with van der Waals surface area (Å²) in [7, 11) is 0. The third-order valence-electron chi connectivity index (χ3n) is 8.23. The number of likely N-dealkylation sites (tertiary alicyclic amines) is 2. The van der Waals surface area contributed by atoms with E-state index < -0.39 is 0 Å². The van der Waals surface area contributed by atoms with Crippen LogP contribution in [0.25, 0.3) is 5.70 Å². The number of nitrogens with zero attached hydrogens (tertiary/aromatic N) is 3. The maximum absolute atomic E-state index is 12.9. The lowest BCUT2D eigenvalue weighted by molar-refractivity contribution is 0.0909. The van der Waals surface area contributed by atoms with Gasteiger partial charge in [-0.3, -0.25) is 14.6 Å². The molecule has 2 aliphatic rings. The number of nitrogens with one attached hydrogen (secondary N) is 2. The van der Waals surface area contributed by atoms with Crippen LogP contribution in [0.3, 0.4) is 0 Å². The van der Waals surface area contributed by atoms with Gasteiger partial charge in [-0.05, 0) is 66.6 Å². The maximum Gasteiger partial charge on any atom is 0.251 e. The Bertz CT molecular complexity index is 1330. The molecular weight excluding hydrogens is 508 g/mol. The normalized spacial score (nSPS) is 17.6. The smallest absolute Gasteiger partial charge is 0.251 e. The van der Waals surface area contributed by atoms with Gasteiger partial charge in [-0.25, -0.2) is 0 Å². The molecule has 0 spiro atoms. The van der Waals surface area contributed by atoms with E-state index in [2.05, 4.69) is 50.8 Å². The molecule has 2 saturated heterocycles. The minimum absolute atomic E-state index is 0.0149. The summed E-state index contributed by atoms with van der Waals surface area (Å²) in [6.45, 7) is 5.84. The first-order valence-electron chi connectivity index (χ1n) is 14.7. The summed E-state index contributed by atoms with van der Waals surface area (Å²) in [6.07, 6.45) is 5.61. The van der Waals surface area contributed by atoms with Crippen molar-refractivity contribution in [2.45, 2.75) is 50.9 Å². The van der Waals surface area contributed by atoms with Crippen molar-refractivity contribution in [2.75, 3.05) is 26.2 Å². The van der Waals surface area contributed by atoms with Gasteiger partial charge in [0.2, 0.25) is 0 Å². The molecule has 4 N–H and O–H groups in total. The number of carbonyl (C=O) groups is 1. The highest BCUT2D eigenvalue weighted by Gasteiger charge is 2.22. The van der Waals surface area contributed by atoms with Crippen molar-refractivity contribution in [1.29, 1.82) is 5.26 Å². The lowest BCUT2D eigenvalue weighted by Crippen LogP contribution is -2.44. The SMILES string of the molecule is N#Cc1ccc(CN2CCC(N/C(=C\N)c3ccc(C(=O)NC4CCN(Cc5ccccc5)CC4)cc3)CC2)cc1. The number of piperidine rings is 2. The van der Waals surface area contributed by atoms with Gasteiger partial charge in [0.15, 0.2) is 0 Å². The van der Waals surface area contributed by atoms with Crippen molar-refractivity contribution in [3.8, 4) is 6.07 Å². The second kappa shape index (κ2) is 14.0. The Balaban J connectivity index is 1.05. The van der Waals surface area contributed by atoms with Gasteiger partial charge in [0.25, 0.3) is 5.91 Å². The molecule has 7 nitrogen and oxygen atoms in total. The number of amides is 1. The molecule has 41 heavy (non-hydrogen) atoms. The zero-order valence-electron chi connectivity index (χ0n) is 23.6. The zero-order chi connectivity index (χ0) is 28.4. The van der Waals surface area contributed by atoms with Crippen LogP contribution in [-0.4, -0.2) is 54.0 Å². The highest BCUT2D eigenvalue weighted by atomic mass is 16.1. The van der Waals surface area contributed by atoms with Gasteiger partial charge in [-0.2, -0.15) is 5.26 Å². The fourth-order valence-electron chi connectivity index (χ4n) is 5.77. The molecule has 0 bridgehead atoms. The fraction of sp³-hybridized carbons (Fsp3) is 0.353. The van der Waals surface area contributed by atoms with Crippen LogP contribution in [0.5, 0.6) is 0 Å². The van der Waals surface area contributed by atoms with E-state index >= 15 is 0 Å². The van der Waals surface area contributed by atoms with Crippen LogP contribution in [0.1, 0.15) is 58.3 Å². The number of nitrogens with two attached hydrogens (primary N) is 1. The number of carbonyl (C=O) groups excluding carboxylic acids is 1. The molecule has 0 unspecified atom stereocenters. The lowest BCUT2D eigenvalue weighted by atomic mass is 10.0. The molecular formula is C34H40N6O. The maximum atomic E-state index is 12.9. The predicted octanol–water partition coefficient (Wildman–Crippen LogP) is 4.46. The van der Waals surface area contributed by atoms with Crippen LogP contribution < -0.4 is 16.4 Å². The molecule has 2 heterocycles. The summed E-state index contributed by atoms with van der Waals surface area (Å²) >= 11 is 0. The van der Waals surface area contributed by atoms with E-state index in [1.54, 1.807) is 6.20 Å². The third kappa shape index (κ3) is 7.97. The van der Waals surface area contributed by atoms with E-state index in [1.165, 1.54) is 11.1 Å². The average Bonchev–Trinajstić information content (AvgIpc) is 3.02. The monoisotopic (exact) mass is 548 g/mol. The van der Waals surface area contributed by atoms with E-state index in [9.17, 15) is 4.79 Å². The quantitative estimate of drug-likeness (QED) is 0.365. The van der Waals surface area contributed by atoms with E-state index in [0.717, 1.165) is 76.2 Å². The summed E-state index contributed by atoms with van der Waals surface area (Å²) < 4.78 is 0. The average molecular weight is 549 g/mol. The van der Waals surface area contributed by atoms with Gasteiger partial charge in [-0.1, -0.05) is 54.6 Å². The molecule has 212 valence electrons. The molecule has 0 aliphatic carbocycles. The van der Waals surface area contributed by atoms with Crippen molar-refractivity contribution < 1.29 is 4.79 Å². The van der Waals surface area contributed by atoms with E-state index in [1.807, 2.05) is 54.6 Å². The third-order valence-corrected chi connectivity index (χ3v) is 8.23. The van der Waals surface area contributed by atoms with Crippen LogP contribution in [0, 0.1) is 11.3 Å². The molecule has 0 radical (unpaired) electrons. The fourth-order valence-corrected chi connectivity index (χ4v) is 5.77. The molecule has 5 rings (SSSR count). The summed E-state index contributed by atoms with van der Waals surface area (Å²) in [5.74, 6) is -0.0149. The molecule has 3 aromatic rings. The van der Waals surface area contributed by atoms with E-state index in [0.29, 0.717) is 17.2 Å². The molecule has 0 aromatic heterocycles. The molecule has 1 amide bonds. The molecule has 2 aliphatic heterocycles. The Morgan fingerprint density at radius 3 is 1.80 bits per heavy atom. The van der Waals surface area contributed by atoms with Crippen molar-refractivity contribution in [3.05, 3.63) is 113 Å². The Hall–Kier alpha value is -4.12. The van der Waals surface area contributed by atoms with Gasteiger partial charge < -0.3 is 16.4 Å². The van der Waals surface area contributed by atoms with Crippen molar-refractivity contribution >= 4 is 11.6 Å². The van der Waals surface area contributed by atoms with Gasteiger partial charge in [0.05, 0.1) is 17.3 Å². The second-order valence-electron chi connectivity index (χ2n) is 11.2. The molecule has 7 heteroatoms. The summed E-state index contributed by atoms with van der Waals surface area (Å²) in [5, 5.41) is 15.9. The number of benzene rings is 3. The minimum Gasteiger partial charge on any atom is -0.403 e. The van der Waals surface area contributed by atoms with Gasteiger partial charge in [0, 0.05) is 63.1 Å². The number of rotatable bonds is 9. The van der Waals surface area contributed by atoms with Crippen LogP contribution in [-0.2, 0) is 13.1 Å². The second-order valence-corrected chi connectivity index (χ2v) is 11.2. The summed E-state index contributed by atoms with van der Waals surface area (Å²) in [6, 6.07) is 28.9. The first kappa shape index (κ1) is 28.4. The Morgan fingerprint density at radius 2 is 1.27 bits per heavy atom.